The van der Waals surface area contributed by atoms with Crippen molar-refractivity contribution in [1.29, 1.82) is 0 Å². The average molecular weight is 380 g/mol. The van der Waals surface area contributed by atoms with Gasteiger partial charge in [0.15, 0.2) is 0 Å². The summed E-state index contributed by atoms with van der Waals surface area (Å²) in [6, 6.07) is 4.35. The molecule has 2 aliphatic rings. The minimum Gasteiger partial charge on any atom is -0.376 e. The number of pyridine rings is 1. The molecule has 1 fully saturated rings. The first kappa shape index (κ1) is 19.9. The van der Waals surface area contributed by atoms with Crippen LogP contribution in [0.2, 0.25) is 0 Å². The molecule has 1 aliphatic heterocycles. The van der Waals surface area contributed by atoms with Crippen LogP contribution in [0.15, 0.2) is 16.9 Å². The van der Waals surface area contributed by atoms with Gasteiger partial charge in [0.25, 0.3) is 5.56 Å². The van der Waals surface area contributed by atoms with E-state index in [-0.39, 0.29) is 17.6 Å². The van der Waals surface area contributed by atoms with Gasteiger partial charge < -0.3 is 9.30 Å². The molecule has 0 bridgehead atoms. The molecule has 1 N–H and O–H groups in total. The predicted octanol–water partition coefficient (Wildman–Crippen LogP) is 3.32. The van der Waals surface area contributed by atoms with Gasteiger partial charge in [-0.15, -0.1) is 0 Å². The zero-order valence-electron chi connectivity index (χ0n) is 16.5. The molecule has 2 heterocycles. The van der Waals surface area contributed by atoms with E-state index in [0.29, 0.717) is 12.7 Å². The molecule has 5 nitrogen and oxygen atoms in total. The topological polar surface area (TPSA) is 46.5 Å². The highest BCUT2D eigenvalue weighted by molar-refractivity contribution is 7.95. The Morgan fingerprint density at radius 3 is 2.65 bits per heavy atom. The number of fused-ring (bicyclic) bond motifs is 1. The molecular formula is C20H33N3O2S. The van der Waals surface area contributed by atoms with Gasteiger partial charge in [-0.25, -0.2) is 9.03 Å². The van der Waals surface area contributed by atoms with E-state index in [1.54, 1.807) is 12.1 Å². The Bertz CT molecular complexity index is 653. The second-order valence-corrected chi connectivity index (χ2v) is 9.28. The molecule has 2 unspecified atom stereocenters. The number of aryl methyl sites for hydroxylation is 2. The minimum atomic E-state index is 0.0537. The van der Waals surface area contributed by atoms with Crippen LogP contribution in [-0.4, -0.2) is 41.7 Å². The fourth-order valence-electron chi connectivity index (χ4n) is 4.07. The van der Waals surface area contributed by atoms with Gasteiger partial charge in [-0.05, 0) is 71.5 Å². The molecule has 0 radical (unpaired) electrons. The van der Waals surface area contributed by atoms with E-state index in [9.17, 15) is 4.79 Å². The van der Waals surface area contributed by atoms with Crippen LogP contribution >= 0.6 is 12.1 Å². The van der Waals surface area contributed by atoms with Crippen molar-refractivity contribution in [3.05, 3.63) is 33.7 Å². The van der Waals surface area contributed by atoms with E-state index in [2.05, 4.69) is 22.0 Å². The van der Waals surface area contributed by atoms with Gasteiger partial charge in [0, 0.05) is 29.4 Å². The fraction of sp³-hybridized carbons (Fsp3) is 0.750. The van der Waals surface area contributed by atoms with Gasteiger partial charge in [-0.1, -0.05) is 13.0 Å². The summed E-state index contributed by atoms with van der Waals surface area (Å²) < 4.78 is 13.9. The van der Waals surface area contributed by atoms with Gasteiger partial charge in [0.1, 0.15) is 0 Å². The van der Waals surface area contributed by atoms with Crippen LogP contribution in [0.1, 0.15) is 56.3 Å². The molecule has 0 spiro atoms. The maximum atomic E-state index is 12.9. The lowest BCUT2D eigenvalue weighted by Crippen LogP contribution is -2.47. The largest absolute Gasteiger partial charge is 0.376 e. The molecule has 2 atom stereocenters. The Labute approximate surface area is 161 Å². The van der Waals surface area contributed by atoms with Crippen LogP contribution in [0, 0.1) is 12.8 Å². The highest BCUT2D eigenvalue weighted by Gasteiger charge is 2.32. The zero-order chi connectivity index (χ0) is 18.7. The summed E-state index contributed by atoms with van der Waals surface area (Å²) in [6.45, 7) is 4.84. The lowest BCUT2D eigenvalue weighted by atomic mass is 9.89. The van der Waals surface area contributed by atoms with Crippen molar-refractivity contribution in [1.82, 2.24) is 13.6 Å². The van der Waals surface area contributed by atoms with E-state index in [4.69, 9.17) is 4.74 Å². The van der Waals surface area contributed by atoms with E-state index in [1.165, 1.54) is 12.8 Å². The Balaban J connectivity index is 1.77. The number of nitrogens with one attached hydrogen (secondary N) is 1. The van der Waals surface area contributed by atoms with Crippen LogP contribution in [0.5, 0.6) is 0 Å². The van der Waals surface area contributed by atoms with Crippen molar-refractivity contribution in [3.8, 4) is 0 Å². The quantitative estimate of drug-likeness (QED) is 0.768. The van der Waals surface area contributed by atoms with Crippen molar-refractivity contribution < 1.29 is 4.74 Å². The number of ether oxygens (including phenoxy) is 1. The van der Waals surface area contributed by atoms with Crippen molar-refractivity contribution >= 4 is 12.1 Å². The van der Waals surface area contributed by atoms with Crippen molar-refractivity contribution in [2.45, 2.75) is 70.6 Å². The van der Waals surface area contributed by atoms with E-state index in [1.807, 2.05) is 31.7 Å². The second-order valence-electron chi connectivity index (χ2n) is 8.13. The molecule has 146 valence electrons. The van der Waals surface area contributed by atoms with Crippen molar-refractivity contribution in [3.63, 3.8) is 0 Å². The summed E-state index contributed by atoms with van der Waals surface area (Å²) in [5.74, 6) is 0.821. The van der Waals surface area contributed by atoms with Gasteiger partial charge in [-0.2, -0.15) is 0 Å². The summed E-state index contributed by atoms with van der Waals surface area (Å²) in [6.07, 6.45) is 7.10. The first-order valence-corrected chi connectivity index (χ1v) is 10.7. The molecule has 1 aromatic rings. The monoisotopic (exact) mass is 379 g/mol. The number of nitrogens with zero attached hydrogens (tertiary/aromatic N) is 2. The standard InChI is InChI=1S/C20H33N3O2S/c1-14-5-10-17(11-6-14)25-13-19-18(21-26-22(3)4)12-9-16-8-7-15(2)20(24)23(16)19/h7-8,14,17-19,21H,5-6,9-13H2,1-4H3. The highest BCUT2D eigenvalue weighted by Crippen LogP contribution is 2.29. The van der Waals surface area contributed by atoms with Crippen LogP contribution in [-0.2, 0) is 11.2 Å². The maximum Gasteiger partial charge on any atom is 0.254 e. The van der Waals surface area contributed by atoms with E-state index in [0.717, 1.165) is 42.9 Å². The van der Waals surface area contributed by atoms with Crippen LogP contribution < -0.4 is 10.3 Å². The smallest absolute Gasteiger partial charge is 0.254 e. The summed E-state index contributed by atoms with van der Waals surface area (Å²) >= 11 is 1.60. The van der Waals surface area contributed by atoms with Gasteiger partial charge in [0.05, 0.1) is 18.8 Å². The first-order valence-electron chi connectivity index (χ1n) is 9.88. The molecule has 1 aromatic heterocycles. The SMILES string of the molecule is Cc1ccc2n(c1=O)C(COC1CCC(C)CC1)C(NSN(C)C)CC2. The molecular weight excluding hydrogens is 346 g/mol. The summed E-state index contributed by atoms with van der Waals surface area (Å²) in [4.78, 5) is 12.9. The molecule has 1 saturated carbocycles. The molecule has 6 heteroatoms. The van der Waals surface area contributed by atoms with Crippen molar-refractivity contribution in [2.75, 3.05) is 20.7 Å². The molecule has 0 saturated heterocycles. The summed E-state index contributed by atoms with van der Waals surface area (Å²) in [7, 11) is 4.05. The summed E-state index contributed by atoms with van der Waals surface area (Å²) in [5.41, 5.74) is 2.08. The molecule has 3 rings (SSSR count). The number of aromatic nitrogens is 1. The number of rotatable bonds is 6. The van der Waals surface area contributed by atoms with Crippen molar-refractivity contribution in [2.24, 2.45) is 5.92 Å². The molecule has 1 aliphatic carbocycles. The minimum absolute atomic E-state index is 0.0537. The lowest BCUT2D eigenvalue weighted by Gasteiger charge is -2.37. The van der Waals surface area contributed by atoms with Gasteiger partial charge in [0.2, 0.25) is 0 Å². The lowest BCUT2D eigenvalue weighted by molar-refractivity contribution is -0.00527. The van der Waals surface area contributed by atoms with Crippen LogP contribution in [0.25, 0.3) is 0 Å². The molecule has 0 aromatic carbocycles. The normalized spacial score (nSPS) is 29.0. The Kier molecular flexibility index (Phi) is 6.83. The number of hydrogen-bond acceptors (Lipinski definition) is 5. The van der Waals surface area contributed by atoms with Crippen LogP contribution in [0.3, 0.4) is 0 Å². The van der Waals surface area contributed by atoms with Crippen LogP contribution in [0.4, 0.5) is 0 Å². The Morgan fingerprint density at radius 1 is 1.23 bits per heavy atom. The number of hydrogen-bond donors (Lipinski definition) is 1. The third kappa shape index (κ3) is 4.71. The average Bonchev–Trinajstić information content (AvgIpc) is 2.62. The maximum absolute atomic E-state index is 12.9. The highest BCUT2D eigenvalue weighted by atomic mass is 32.2. The zero-order valence-corrected chi connectivity index (χ0v) is 17.3. The third-order valence-corrected chi connectivity index (χ3v) is 6.52. The second kappa shape index (κ2) is 8.91. The fourth-order valence-corrected chi connectivity index (χ4v) is 4.69. The van der Waals surface area contributed by atoms with E-state index < -0.39 is 0 Å². The Hall–Kier alpha value is -0.820. The van der Waals surface area contributed by atoms with Gasteiger partial charge in [-0.3, -0.25) is 4.79 Å². The summed E-state index contributed by atoms with van der Waals surface area (Å²) in [5, 5.41) is 0. The third-order valence-electron chi connectivity index (χ3n) is 5.75. The molecule has 0 amide bonds. The van der Waals surface area contributed by atoms with Gasteiger partial charge >= 0.3 is 0 Å². The molecule has 26 heavy (non-hydrogen) atoms. The Morgan fingerprint density at radius 2 is 1.96 bits per heavy atom. The predicted molar refractivity (Wildman–Crippen MR) is 108 cm³/mol. The first-order chi connectivity index (χ1) is 12.5. The van der Waals surface area contributed by atoms with E-state index >= 15 is 0 Å².